The smallest absolute Gasteiger partial charge is 0.260 e. The summed E-state index contributed by atoms with van der Waals surface area (Å²) in [4.78, 5) is 13.6. The number of likely N-dealkylation sites (N-methyl/N-ethyl adjacent to an activating group) is 1. The van der Waals surface area contributed by atoms with E-state index in [-0.39, 0.29) is 30.1 Å². The van der Waals surface area contributed by atoms with Crippen LogP contribution < -0.4 is 4.74 Å². The third-order valence-corrected chi connectivity index (χ3v) is 5.81. The molecule has 1 heterocycles. The molecule has 0 saturated carbocycles. The van der Waals surface area contributed by atoms with Crippen LogP contribution in [0.2, 0.25) is 0 Å². The van der Waals surface area contributed by atoms with Crippen LogP contribution in [-0.4, -0.2) is 50.4 Å². The maximum absolute atomic E-state index is 12.1. The molecule has 5 nitrogen and oxygen atoms in total. The fourth-order valence-electron chi connectivity index (χ4n) is 2.48. The second-order valence-corrected chi connectivity index (χ2v) is 8.30. The van der Waals surface area contributed by atoms with Crippen LogP contribution in [0.3, 0.4) is 0 Å². The number of rotatable bonds is 5. The lowest BCUT2D eigenvalue weighted by molar-refractivity contribution is -0.133. The fraction of sp³-hybridized carbons (Fsp3) is 0.562. The molecule has 122 valence electrons. The van der Waals surface area contributed by atoms with Gasteiger partial charge in [0, 0.05) is 13.1 Å². The molecule has 0 N–H and O–H groups in total. The van der Waals surface area contributed by atoms with Gasteiger partial charge in [0.2, 0.25) is 0 Å². The lowest BCUT2D eigenvalue weighted by Crippen LogP contribution is -2.40. The normalized spacial score (nSPS) is 20.1. The first-order valence-electron chi connectivity index (χ1n) is 7.47. The Bertz CT molecular complexity index is 622. The predicted octanol–water partition coefficient (Wildman–Crippen LogP) is 1.83. The van der Waals surface area contributed by atoms with Gasteiger partial charge in [0.1, 0.15) is 5.75 Å². The van der Waals surface area contributed by atoms with E-state index in [9.17, 15) is 13.2 Å². The molecular formula is C16H23NO4S. The highest BCUT2D eigenvalue weighted by Crippen LogP contribution is 2.19. The van der Waals surface area contributed by atoms with E-state index < -0.39 is 9.84 Å². The lowest BCUT2D eigenvalue weighted by Gasteiger charge is -2.23. The van der Waals surface area contributed by atoms with Crippen LogP contribution in [0.4, 0.5) is 0 Å². The maximum Gasteiger partial charge on any atom is 0.260 e. The summed E-state index contributed by atoms with van der Waals surface area (Å²) in [6, 6.07) is 7.44. The van der Waals surface area contributed by atoms with Crippen LogP contribution in [0.5, 0.6) is 5.75 Å². The van der Waals surface area contributed by atoms with Crippen molar-refractivity contribution >= 4 is 15.7 Å². The number of amides is 1. The van der Waals surface area contributed by atoms with E-state index in [0.717, 1.165) is 0 Å². The molecule has 1 fully saturated rings. The Morgan fingerprint density at radius 1 is 1.32 bits per heavy atom. The third-order valence-electron chi connectivity index (χ3n) is 4.06. The molecule has 1 aliphatic rings. The zero-order valence-electron chi connectivity index (χ0n) is 13.3. The van der Waals surface area contributed by atoms with Gasteiger partial charge in [-0.1, -0.05) is 26.0 Å². The van der Waals surface area contributed by atoms with Gasteiger partial charge in [-0.25, -0.2) is 8.42 Å². The summed E-state index contributed by atoms with van der Waals surface area (Å²) in [5, 5.41) is 0. The zero-order chi connectivity index (χ0) is 16.3. The lowest BCUT2D eigenvalue weighted by atomic mass is 10.0. The largest absolute Gasteiger partial charge is 0.484 e. The van der Waals surface area contributed by atoms with Gasteiger partial charge < -0.3 is 9.64 Å². The Hall–Kier alpha value is -1.56. The summed E-state index contributed by atoms with van der Waals surface area (Å²) in [6.07, 6.45) is 0.508. The highest BCUT2D eigenvalue weighted by Gasteiger charge is 2.32. The number of hydrogen-bond acceptors (Lipinski definition) is 4. The molecule has 6 heteroatoms. The van der Waals surface area contributed by atoms with Gasteiger partial charge in [0.25, 0.3) is 5.91 Å². The fourth-order valence-corrected chi connectivity index (χ4v) is 4.25. The maximum atomic E-state index is 12.1. The molecule has 1 aromatic rings. The number of ether oxygens (including phenoxy) is 1. The molecule has 0 spiro atoms. The second kappa shape index (κ2) is 6.69. The van der Waals surface area contributed by atoms with E-state index in [1.165, 1.54) is 10.5 Å². The molecule has 0 unspecified atom stereocenters. The van der Waals surface area contributed by atoms with Crippen molar-refractivity contribution in [2.75, 3.05) is 25.2 Å². The van der Waals surface area contributed by atoms with Gasteiger partial charge in [-0.2, -0.15) is 0 Å². The van der Waals surface area contributed by atoms with Gasteiger partial charge in [0.15, 0.2) is 16.4 Å². The first kappa shape index (κ1) is 16.8. The van der Waals surface area contributed by atoms with Crippen molar-refractivity contribution in [2.45, 2.75) is 32.2 Å². The average Bonchev–Trinajstić information content (AvgIpc) is 2.84. The van der Waals surface area contributed by atoms with E-state index in [1.54, 1.807) is 7.05 Å². The quantitative estimate of drug-likeness (QED) is 0.828. The summed E-state index contributed by atoms with van der Waals surface area (Å²) < 4.78 is 28.4. The Labute approximate surface area is 132 Å². The minimum Gasteiger partial charge on any atom is -0.484 e. The molecule has 1 saturated heterocycles. The Morgan fingerprint density at radius 2 is 1.95 bits per heavy atom. The SMILES string of the molecule is CC(C)c1ccc(OCC(=O)N(C)[C@H]2CCS(=O)(=O)C2)cc1. The molecule has 1 aromatic carbocycles. The van der Waals surface area contributed by atoms with Crippen LogP contribution >= 0.6 is 0 Å². The third kappa shape index (κ3) is 4.22. The first-order valence-corrected chi connectivity index (χ1v) is 9.29. The number of carbonyl (C=O) groups excluding carboxylic acids is 1. The van der Waals surface area contributed by atoms with Crippen molar-refractivity contribution in [1.29, 1.82) is 0 Å². The minimum absolute atomic E-state index is 0.0539. The van der Waals surface area contributed by atoms with Crippen LogP contribution in [0.25, 0.3) is 0 Å². The van der Waals surface area contributed by atoms with E-state index in [2.05, 4.69) is 13.8 Å². The van der Waals surface area contributed by atoms with Crippen molar-refractivity contribution in [3.63, 3.8) is 0 Å². The van der Waals surface area contributed by atoms with E-state index in [1.807, 2.05) is 24.3 Å². The van der Waals surface area contributed by atoms with E-state index in [0.29, 0.717) is 18.1 Å². The monoisotopic (exact) mass is 325 g/mol. The van der Waals surface area contributed by atoms with E-state index in [4.69, 9.17) is 4.74 Å². The standard InChI is InChI=1S/C16H23NO4S/c1-12(2)13-4-6-15(7-5-13)21-10-16(18)17(3)14-8-9-22(19,20)11-14/h4-7,12,14H,8-11H2,1-3H3/t14-/m0/s1. The van der Waals surface area contributed by atoms with Gasteiger partial charge in [-0.15, -0.1) is 0 Å². The Morgan fingerprint density at radius 3 is 2.45 bits per heavy atom. The van der Waals surface area contributed by atoms with E-state index >= 15 is 0 Å². The summed E-state index contributed by atoms with van der Waals surface area (Å²) in [7, 11) is -1.35. The molecule has 2 rings (SSSR count). The molecule has 0 aromatic heterocycles. The summed E-state index contributed by atoms with van der Waals surface area (Å²) in [5.41, 5.74) is 1.21. The molecule has 1 atom stereocenters. The van der Waals surface area contributed by atoms with Crippen molar-refractivity contribution in [1.82, 2.24) is 4.90 Å². The molecule has 0 bridgehead atoms. The summed E-state index contributed by atoms with van der Waals surface area (Å²) >= 11 is 0. The van der Waals surface area contributed by atoms with Crippen molar-refractivity contribution in [3.8, 4) is 5.75 Å². The number of carbonyl (C=O) groups is 1. The molecule has 1 amide bonds. The van der Waals surface area contributed by atoms with Gasteiger partial charge in [0.05, 0.1) is 11.5 Å². The average molecular weight is 325 g/mol. The minimum atomic E-state index is -2.99. The number of nitrogens with zero attached hydrogens (tertiary/aromatic N) is 1. The predicted molar refractivity (Wildman–Crippen MR) is 85.9 cm³/mol. The Kier molecular flexibility index (Phi) is 5.11. The second-order valence-electron chi connectivity index (χ2n) is 6.07. The summed E-state index contributed by atoms with van der Waals surface area (Å²) in [6.45, 7) is 4.15. The van der Waals surface area contributed by atoms with Gasteiger partial charge in [-0.05, 0) is 30.0 Å². The van der Waals surface area contributed by atoms with Gasteiger partial charge >= 0.3 is 0 Å². The molecular weight excluding hydrogens is 302 g/mol. The molecule has 22 heavy (non-hydrogen) atoms. The Balaban J connectivity index is 1.87. The summed E-state index contributed by atoms with van der Waals surface area (Å²) in [5.74, 6) is 1.11. The zero-order valence-corrected chi connectivity index (χ0v) is 14.1. The van der Waals surface area contributed by atoms with Crippen molar-refractivity contribution in [2.24, 2.45) is 0 Å². The molecule has 1 aliphatic heterocycles. The number of benzene rings is 1. The van der Waals surface area contributed by atoms with Crippen LogP contribution in [0.1, 0.15) is 31.7 Å². The van der Waals surface area contributed by atoms with Crippen molar-refractivity contribution < 1.29 is 17.9 Å². The topological polar surface area (TPSA) is 63.7 Å². The van der Waals surface area contributed by atoms with Crippen LogP contribution in [0, 0.1) is 0 Å². The van der Waals surface area contributed by atoms with Crippen molar-refractivity contribution in [3.05, 3.63) is 29.8 Å². The van der Waals surface area contributed by atoms with Gasteiger partial charge in [-0.3, -0.25) is 4.79 Å². The molecule has 0 radical (unpaired) electrons. The van der Waals surface area contributed by atoms with Crippen LogP contribution in [-0.2, 0) is 14.6 Å². The highest BCUT2D eigenvalue weighted by molar-refractivity contribution is 7.91. The highest BCUT2D eigenvalue weighted by atomic mass is 32.2. The molecule has 0 aliphatic carbocycles. The first-order chi connectivity index (χ1) is 10.3. The number of sulfone groups is 1. The number of hydrogen-bond donors (Lipinski definition) is 0. The van der Waals surface area contributed by atoms with Crippen LogP contribution in [0.15, 0.2) is 24.3 Å².